The second-order valence-electron chi connectivity index (χ2n) is 5.05. The summed E-state index contributed by atoms with van der Waals surface area (Å²) in [4.78, 5) is 16.3. The predicted molar refractivity (Wildman–Crippen MR) is 73.6 cm³/mol. The Balaban J connectivity index is 1.81. The molecule has 2 aromatic rings. The van der Waals surface area contributed by atoms with E-state index in [2.05, 4.69) is 10.3 Å². The molecule has 1 aromatic carbocycles. The van der Waals surface area contributed by atoms with Crippen LogP contribution in [0.15, 0.2) is 23.7 Å². The Morgan fingerprint density at radius 1 is 1.56 bits per heavy atom. The molecule has 0 spiro atoms. The lowest BCUT2D eigenvalue weighted by atomic mass is 9.96. The molecule has 0 aliphatic heterocycles. The van der Waals surface area contributed by atoms with Gasteiger partial charge in [-0.1, -0.05) is 0 Å². The number of hydrogen-bond donors (Lipinski definition) is 2. The van der Waals surface area contributed by atoms with Gasteiger partial charge in [-0.2, -0.15) is 0 Å². The Bertz CT molecular complexity index is 601. The largest absolute Gasteiger partial charge is 0.324 e. The number of nitrogens with zero attached hydrogens (tertiary/aromatic N) is 1. The van der Waals surface area contributed by atoms with Crippen molar-refractivity contribution in [1.29, 1.82) is 0 Å². The number of nitrogens with one attached hydrogen (secondary N) is 1. The fourth-order valence-electron chi connectivity index (χ4n) is 2.07. The van der Waals surface area contributed by atoms with Gasteiger partial charge in [-0.15, -0.1) is 11.3 Å². The van der Waals surface area contributed by atoms with Gasteiger partial charge in [0.25, 0.3) is 0 Å². The van der Waals surface area contributed by atoms with E-state index in [0.29, 0.717) is 5.92 Å². The first-order chi connectivity index (χ1) is 8.57. The van der Waals surface area contributed by atoms with Crippen molar-refractivity contribution in [3.05, 3.63) is 23.7 Å². The molecule has 0 bridgehead atoms. The number of aromatic nitrogens is 1. The number of carbonyl (C=O) groups excluding carboxylic acids is 1. The Morgan fingerprint density at radius 3 is 3.06 bits per heavy atom. The zero-order valence-electron chi connectivity index (χ0n) is 10.1. The molecule has 1 amide bonds. The average molecular weight is 261 g/mol. The fraction of sp³-hybridized carbons (Fsp3) is 0.385. The number of rotatable bonds is 3. The van der Waals surface area contributed by atoms with Crippen LogP contribution in [-0.4, -0.2) is 16.4 Å². The SMILES string of the molecule is CC(N)(C(=O)Nc1ccc2ncsc2c1)C1CC1. The summed E-state index contributed by atoms with van der Waals surface area (Å²) in [6, 6.07) is 5.71. The monoisotopic (exact) mass is 261 g/mol. The van der Waals surface area contributed by atoms with E-state index in [4.69, 9.17) is 5.73 Å². The number of anilines is 1. The fourth-order valence-corrected chi connectivity index (χ4v) is 2.78. The van der Waals surface area contributed by atoms with Crippen LogP contribution in [-0.2, 0) is 4.79 Å². The quantitative estimate of drug-likeness (QED) is 0.891. The third kappa shape index (κ3) is 2.00. The molecule has 94 valence electrons. The molecule has 1 aliphatic rings. The highest BCUT2D eigenvalue weighted by Crippen LogP contribution is 2.38. The zero-order valence-corrected chi connectivity index (χ0v) is 11.0. The molecule has 18 heavy (non-hydrogen) atoms. The number of amides is 1. The molecule has 5 heteroatoms. The van der Waals surface area contributed by atoms with Crippen LogP contribution in [0.5, 0.6) is 0 Å². The minimum absolute atomic E-state index is 0.103. The summed E-state index contributed by atoms with van der Waals surface area (Å²) >= 11 is 1.56. The van der Waals surface area contributed by atoms with Crippen LogP contribution in [0.4, 0.5) is 5.69 Å². The van der Waals surface area contributed by atoms with E-state index < -0.39 is 5.54 Å². The standard InChI is InChI=1S/C13H15N3OS/c1-13(14,8-2-3-8)12(17)16-9-4-5-10-11(6-9)18-7-15-10/h4-8H,2-3,14H2,1H3,(H,16,17). The van der Waals surface area contributed by atoms with Gasteiger partial charge in [0.1, 0.15) is 0 Å². The summed E-state index contributed by atoms with van der Waals surface area (Å²) in [6.07, 6.45) is 2.10. The first-order valence-electron chi connectivity index (χ1n) is 6.01. The van der Waals surface area contributed by atoms with Gasteiger partial charge in [0.15, 0.2) is 0 Å². The average Bonchev–Trinajstić information content (AvgIpc) is 3.09. The van der Waals surface area contributed by atoms with Crippen molar-refractivity contribution in [2.75, 3.05) is 5.32 Å². The summed E-state index contributed by atoms with van der Waals surface area (Å²) in [5, 5.41) is 2.90. The summed E-state index contributed by atoms with van der Waals surface area (Å²) in [5.41, 5.74) is 8.86. The van der Waals surface area contributed by atoms with Crippen molar-refractivity contribution in [3.8, 4) is 0 Å². The smallest absolute Gasteiger partial charge is 0.244 e. The highest BCUT2D eigenvalue weighted by atomic mass is 32.1. The van der Waals surface area contributed by atoms with E-state index in [1.807, 2.05) is 25.1 Å². The van der Waals surface area contributed by atoms with Crippen molar-refractivity contribution >= 4 is 33.1 Å². The van der Waals surface area contributed by atoms with Crippen LogP contribution in [0.2, 0.25) is 0 Å². The van der Waals surface area contributed by atoms with E-state index in [1.165, 1.54) is 0 Å². The lowest BCUT2D eigenvalue weighted by molar-refractivity contribution is -0.121. The second kappa shape index (κ2) is 4.03. The summed E-state index contributed by atoms with van der Waals surface area (Å²) in [5.74, 6) is 0.221. The van der Waals surface area contributed by atoms with Crippen molar-refractivity contribution in [1.82, 2.24) is 4.98 Å². The van der Waals surface area contributed by atoms with Crippen molar-refractivity contribution < 1.29 is 4.79 Å². The molecular formula is C13H15N3OS. The van der Waals surface area contributed by atoms with Gasteiger partial charge in [0.05, 0.1) is 21.3 Å². The number of benzene rings is 1. The number of hydrogen-bond acceptors (Lipinski definition) is 4. The van der Waals surface area contributed by atoms with E-state index in [9.17, 15) is 4.79 Å². The number of thiazole rings is 1. The van der Waals surface area contributed by atoms with E-state index >= 15 is 0 Å². The molecule has 4 nitrogen and oxygen atoms in total. The molecule has 0 saturated heterocycles. The number of carbonyl (C=O) groups is 1. The molecule has 1 atom stereocenters. The summed E-state index contributed by atoms with van der Waals surface area (Å²) in [7, 11) is 0. The van der Waals surface area contributed by atoms with E-state index in [-0.39, 0.29) is 5.91 Å². The van der Waals surface area contributed by atoms with E-state index in [1.54, 1.807) is 16.8 Å². The lowest BCUT2D eigenvalue weighted by Crippen LogP contribution is -2.50. The van der Waals surface area contributed by atoms with Crippen molar-refractivity contribution in [3.63, 3.8) is 0 Å². The Kier molecular flexibility index (Phi) is 2.60. The third-order valence-electron chi connectivity index (χ3n) is 3.50. The maximum absolute atomic E-state index is 12.1. The Labute approximate surface area is 109 Å². The number of fused-ring (bicyclic) bond motifs is 1. The molecule has 1 aliphatic carbocycles. The topological polar surface area (TPSA) is 68.0 Å². The maximum Gasteiger partial charge on any atom is 0.244 e. The van der Waals surface area contributed by atoms with Crippen molar-refractivity contribution in [2.45, 2.75) is 25.3 Å². The molecule has 1 saturated carbocycles. The summed E-state index contributed by atoms with van der Waals surface area (Å²) < 4.78 is 1.07. The summed E-state index contributed by atoms with van der Waals surface area (Å²) in [6.45, 7) is 1.81. The predicted octanol–water partition coefficient (Wildman–Crippen LogP) is 2.36. The number of nitrogens with two attached hydrogens (primary N) is 1. The van der Waals surface area contributed by atoms with Crippen molar-refractivity contribution in [2.24, 2.45) is 11.7 Å². The molecule has 3 rings (SSSR count). The maximum atomic E-state index is 12.1. The van der Waals surface area contributed by atoms with Gasteiger partial charge in [0, 0.05) is 5.69 Å². The zero-order chi connectivity index (χ0) is 12.8. The van der Waals surface area contributed by atoms with Crippen LogP contribution in [0, 0.1) is 5.92 Å². The Hall–Kier alpha value is -1.46. The van der Waals surface area contributed by atoms with E-state index in [0.717, 1.165) is 28.7 Å². The lowest BCUT2D eigenvalue weighted by Gasteiger charge is -2.23. The normalized spacial score (nSPS) is 18.6. The molecule has 3 N–H and O–H groups in total. The van der Waals surface area contributed by atoms with Crippen LogP contribution < -0.4 is 11.1 Å². The first-order valence-corrected chi connectivity index (χ1v) is 6.89. The minimum Gasteiger partial charge on any atom is -0.324 e. The highest BCUT2D eigenvalue weighted by Gasteiger charge is 2.44. The minimum atomic E-state index is -0.761. The van der Waals surface area contributed by atoms with Gasteiger partial charge < -0.3 is 11.1 Å². The van der Waals surface area contributed by atoms with Crippen LogP contribution in [0.25, 0.3) is 10.2 Å². The molecule has 0 radical (unpaired) electrons. The van der Waals surface area contributed by atoms with Crippen LogP contribution >= 0.6 is 11.3 Å². The van der Waals surface area contributed by atoms with Crippen LogP contribution in [0.1, 0.15) is 19.8 Å². The molecular weight excluding hydrogens is 246 g/mol. The van der Waals surface area contributed by atoms with Gasteiger partial charge in [0.2, 0.25) is 5.91 Å². The third-order valence-corrected chi connectivity index (χ3v) is 4.30. The second-order valence-corrected chi connectivity index (χ2v) is 5.93. The molecule has 1 heterocycles. The van der Waals surface area contributed by atoms with Gasteiger partial charge in [-0.25, -0.2) is 4.98 Å². The van der Waals surface area contributed by atoms with Gasteiger partial charge >= 0.3 is 0 Å². The first kappa shape index (κ1) is 11.6. The molecule has 1 aromatic heterocycles. The molecule has 1 unspecified atom stereocenters. The van der Waals surface area contributed by atoms with Gasteiger partial charge in [-0.3, -0.25) is 4.79 Å². The Morgan fingerprint density at radius 2 is 2.33 bits per heavy atom. The van der Waals surface area contributed by atoms with Gasteiger partial charge in [-0.05, 0) is 43.9 Å². The van der Waals surface area contributed by atoms with Crippen LogP contribution in [0.3, 0.4) is 0 Å². The molecule has 1 fully saturated rings. The highest BCUT2D eigenvalue weighted by molar-refractivity contribution is 7.16.